The average Bonchev–Trinajstić information content (AvgIpc) is 1.84. The number of hydrogen-bond donors (Lipinski definition) is 1. The van der Waals surface area contributed by atoms with E-state index >= 15 is 0 Å². The van der Waals surface area contributed by atoms with Crippen LogP contribution in [0, 0.1) is 3.57 Å². The Morgan fingerprint density at radius 1 is 1.20 bits per heavy atom. The van der Waals surface area contributed by atoms with Crippen LogP contribution in [0.1, 0.15) is 0 Å². The zero-order chi connectivity index (χ0) is 7.72. The molecule has 0 unspecified atom stereocenters. The molecule has 4 heteroatoms. The third-order valence-corrected chi connectivity index (χ3v) is 3.70. The number of phenolic OH excluding ortho intramolecular Hbond substituents is 1. The fourth-order valence-electron chi connectivity index (χ4n) is 0.512. The van der Waals surface area contributed by atoms with Crippen molar-refractivity contribution in [1.82, 2.24) is 0 Å². The number of hydrogen-bond acceptors (Lipinski definition) is 1. The lowest BCUT2D eigenvalue weighted by Crippen LogP contribution is -1.75. The van der Waals surface area contributed by atoms with E-state index in [0.717, 1.165) is 12.5 Å². The first kappa shape index (κ1) is 8.80. The normalized spacial score (nSPS) is 9.90. The van der Waals surface area contributed by atoms with Gasteiger partial charge in [0.15, 0.2) is 0 Å². The van der Waals surface area contributed by atoms with Gasteiger partial charge in [0.2, 0.25) is 0 Å². The number of rotatable bonds is 0. The van der Waals surface area contributed by atoms with E-state index in [-0.39, 0.29) is 0 Å². The SMILES string of the molecule is Oc1cc(Br)c(Br)cc1I. The predicted octanol–water partition coefficient (Wildman–Crippen LogP) is 3.52. The molecule has 1 aromatic carbocycles. The lowest BCUT2D eigenvalue weighted by atomic mass is 10.3. The molecule has 1 rings (SSSR count). The van der Waals surface area contributed by atoms with Crippen LogP contribution in [0.4, 0.5) is 0 Å². The molecule has 0 heterocycles. The van der Waals surface area contributed by atoms with E-state index in [0.29, 0.717) is 5.75 Å². The van der Waals surface area contributed by atoms with E-state index in [1.54, 1.807) is 6.07 Å². The van der Waals surface area contributed by atoms with Gasteiger partial charge >= 0.3 is 0 Å². The van der Waals surface area contributed by atoms with Gasteiger partial charge in [-0.15, -0.1) is 0 Å². The van der Waals surface area contributed by atoms with Crippen molar-refractivity contribution >= 4 is 54.5 Å². The van der Waals surface area contributed by atoms with Crippen molar-refractivity contribution < 1.29 is 5.11 Å². The van der Waals surface area contributed by atoms with Gasteiger partial charge in [0, 0.05) is 8.95 Å². The highest BCUT2D eigenvalue weighted by molar-refractivity contribution is 14.1. The Kier molecular flexibility index (Phi) is 3.00. The molecule has 0 aliphatic rings. The second kappa shape index (κ2) is 3.40. The van der Waals surface area contributed by atoms with E-state index in [1.165, 1.54) is 0 Å². The largest absolute Gasteiger partial charge is 0.507 e. The number of phenols is 1. The van der Waals surface area contributed by atoms with Crippen molar-refractivity contribution in [3.8, 4) is 5.75 Å². The van der Waals surface area contributed by atoms with Crippen molar-refractivity contribution in [1.29, 1.82) is 0 Å². The minimum absolute atomic E-state index is 0.302. The lowest BCUT2D eigenvalue weighted by molar-refractivity contribution is 0.471. The summed E-state index contributed by atoms with van der Waals surface area (Å²) in [6, 6.07) is 3.51. The van der Waals surface area contributed by atoms with Crippen molar-refractivity contribution in [2.45, 2.75) is 0 Å². The Hall–Kier alpha value is 0.710. The van der Waals surface area contributed by atoms with Crippen LogP contribution in [0.5, 0.6) is 5.75 Å². The maximum absolute atomic E-state index is 9.17. The summed E-state index contributed by atoms with van der Waals surface area (Å²) in [5.74, 6) is 0.302. The quantitative estimate of drug-likeness (QED) is 0.542. The standard InChI is InChI=1S/C6H3Br2IO/c7-3-1-5(9)6(10)2-4(3)8/h1-2,10H. The molecule has 0 saturated carbocycles. The van der Waals surface area contributed by atoms with E-state index in [9.17, 15) is 0 Å². The Balaban J connectivity index is 3.28. The Labute approximate surface area is 89.2 Å². The molecule has 1 nitrogen and oxygen atoms in total. The van der Waals surface area contributed by atoms with Crippen molar-refractivity contribution in [3.05, 3.63) is 24.6 Å². The van der Waals surface area contributed by atoms with Crippen LogP contribution in [0.2, 0.25) is 0 Å². The third kappa shape index (κ3) is 1.85. The maximum Gasteiger partial charge on any atom is 0.130 e. The van der Waals surface area contributed by atoms with E-state index in [2.05, 4.69) is 54.5 Å². The van der Waals surface area contributed by atoms with E-state index in [1.807, 2.05) is 6.07 Å². The third-order valence-electron chi connectivity index (χ3n) is 0.990. The molecule has 0 fully saturated rings. The summed E-state index contributed by atoms with van der Waals surface area (Å²) in [6.45, 7) is 0. The highest BCUT2D eigenvalue weighted by Gasteiger charge is 2.01. The smallest absolute Gasteiger partial charge is 0.130 e. The van der Waals surface area contributed by atoms with Crippen molar-refractivity contribution in [2.24, 2.45) is 0 Å². The van der Waals surface area contributed by atoms with E-state index in [4.69, 9.17) is 5.11 Å². The molecular weight excluding hydrogens is 375 g/mol. The van der Waals surface area contributed by atoms with Crippen LogP contribution in [0.15, 0.2) is 21.1 Å². The molecule has 0 aromatic heterocycles. The Bertz CT molecular complexity index is 212. The van der Waals surface area contributed by atoms with Gasteiger partial charge in [0.1, 0.15) is 5.75 Å². The fraction of sp³-hybridized carbons (Fsp3) is 0. The second-order valence-electron chi connectivity index (χ2n) is 1.72. The molecule has 54 valence electrons. The molecule has 0 atom stereocenters. The zero-order valence-corrected chi connectivity index (χ0v) is 10.1. The van der Waals surface area contributed by atoms with Crippen LogP contribution in [-0.4, -0.2) is 5.11 Å². The molecule has 0 radical (unpaired) electrons. The van der Waals surface area contributed by atoms with Gasteiger partial charge in [0.25, 0.3) is 0 Å². The molecule has 0 spiro atoms. The monoisotopic (exact) mass is 376 g/mol. The summed E-state index contributed by atoms with van der Waals surface area (Å²) in [4.78, 5) is 0. The van der Waals surface area contributed by atoms with Gasteiger partial charge in [-0.3, -0.25) is 0 Å². The first-order valence-corrected chi connectivity index (χ1v) is 5.11. The summed E-state index contributed by atoms with van der Waals surface area (Å²) >= 11 is 8.65. The fourth-order valence-corrected chi connectivity index (χ4v) is 2.08. The summed E-state index contributed by atoms with van der Waals surface area (Å²) in [5.41, 5.74) is 0. The summed E-state index contributed by atoms with van der Waals surface area (Å²) < 4.78 is 2.66. The number of halogens is 3. The Morgan fingerprint density at radius 3 is 2.20 bits per heavy atom. The Morgan fingerprint density at radius 2 is 1.70 bits per heavy atom. The van der Waals surface area contributed by atoms with Crippen LogP contribution in [0.3, 0.4) is 0 Å². The molecule has 0 amide bonds. The first-order chi connectivity index (χ1) is 4.61. The predicted molar refractivity (Wildman–Crippen MR) is 56.2 cm³/mol. The van der Waals surface area contributed by atoms with Crippen LogP contribution in [0.25, 0.3) is 0 Å². The minimum atomic E-state index is 0.302. The summed E-state index contributed by atoms with van der Waals surface area (Å²) in [5, 5.41) is 9.17. The highest BCUT2D eigenvalue weighted by atomic mass is 127. The van der Waals surface area contributed by atoms with Gasteiger partial charge in [-0.2, -0.15) is 0 Å². The molecule has 0 aliphatic heterocycles. The van der Waals surface area contributed by atoms with Gasteiger partial charge in [-0.1, -0.05) is 0 Å². The topological polar surface area (TPSA) is 20.2 Å². The molecule has 0 aliphatic carbocycles. The van der Waals surface area contributed by atoms with Crippen LogP contribution in [-0.2, 0) is 0 Å². The molecule has 1 N–H and O–H groups in total. The number of aromatic hydroxyl groups is 1. The van der Waals surface area contributed by atoms with Crippen LogP contribution < -0.4 is 0 Å². The zero-order valence-electron chi connectivity index (χ0n) is 4.74. The van der Waals surface area contributed by atoms with Crippen molar-refractivity contribution in [2.75, 3.05) is 0 Å². The average molecular weight is 378 g/mol. The maximum atomic E-state index is 9.17. The summed E-state index contributed by atoms with van der Waals surface area (Å²) in [6.07, 6.45) is 0. The molecule has 1 aromatic rings. The molecule has 0 saturated heterocycles. The highest BCUT2D eigenvalue weighted by Crippen LogP contribution is 2.30. The minimum Gasteiger partial charge on any atom is -0.507 e. The number of benzene rings is 1. The first-order valence-electron chi connectivity index (χ1n) is 2.45. The van der Waals surface area contributed by atoms with Crippen LogP contribution >= 0.6 is 54.5 Å². The molecular formula is C6H3Br2IO. The van der Waals surface area contributed by atoms with Gasteiger partial charge in [0.05, 0.1) is 3.57 Å². The molecule has 0 bridgehead atoms. The van der Waals surface area contributed by atoms with Gasteiger partial charge < -0.3 is 5.11 Å². The summed E-state index contributed by atoms with van der Waals surface area (Å²) in [7, 11) is 0. The van der Waals surface area contributed by atoms with E-state index < -0.39 is 0 Å². The van der Waals surface area contributed by atoms with Gasteiger partial charge in [-0.05, 0) is 66.6 Å². The van der Waals surface area contributed by atoms with Gasteiger partial charge in [-0.25, -0.2) is 0 Å². The lowest BCUT2D eigenvalue weighted by Gasteiger charge is -1.98. The molecule has 10 heavy (non-hydrogen) atoms. The second-order valence-corrected chi connectivity index (χ2v) is 4.59. The van der Waals surface area contributed by atoms with Crippen molar-refractivity contribution in [3.63, 3.8) is 0 Å².